The molecule has 104 valence electrons. The molecule has 19 heavy (non-hydrogen) atoms. The highest BCUT2D eigenvalue weighted by Crippen LogP contribution is 2.31. The second-order valence-corrected chi connectivity index (χ2v) is 5.45. The third kappa shape index (κ3) is 3.80. The Kier molecular flexibility index (Phi) is 5.41. The van der Waals surface area contributed by atoms with Gasteiger partial charge in [-0.15, -0.1) is 0 Å². The van der Waals surface area contributed by atoms with Crippen molar-refractivity contribution in [2.75, 3.05) is 6.54 Å². The smallest absolute Gasteiger partial charge is 0.141 e. The van der Waals surface area contributed by atoms with Gasteiger partial charge in [0.2, 0.25) is 0 Å². The number of likely N-dealkylation sites (N-methyl/N-ethyl adjacent to an activating group) is 1. The fourth-order valence-corrected chi connectivity index (χ4v) is 2.85. The number of hydrogen-bond donors (Lipinski definition) is 1. The lowest BCUT2D eigenvalue weighted by molar-refractivity contribution is 0.585. The van der Waals surface area contributed by atoms with Crippen molar-refractivity contribution < 1.29 is 4.39 Å². The number of rotatable bonds is 4. The standard InChI is InChI=1S/C16H21ClFN/c1-2-19-16(12-7-5-3-4-6-8-12)13-9-10-15(18)14(17)11-13/h7,9-11,16,19H,2-6,8H2,1H3. The molecule has 1 nitrogen and oxygen atoms in total. The van der Waals surface area contributed by atoms with E-state index in [1.165, 1.54) is 30.9 Å². The summed E-state index contributed by atoms with van der Waals surface area (Å²) >= 11 is 5.91. The minimum Gasteiger partial charge on any atom is -0.307 e. The zero-order chi connectivity index (χ0) is 13.7. The minimum absolute atomic E-state index is 0.168. The highest BCUT2D eigenvalue weighted by Gasteiger charge is 2.17. The van der Waals surface area contributed by atoms with E-state index in [1.807, 2.05) is 6.07 Å². The summed E-state index contributed by atoms with van der Waals surface area (Å²) < 4.78 is 13.3. The van der Waals surface area contributed by atoms with Crippen molar-refractivity contribution in [2.24, 2.45) is 0 Å². The van der Waals surface area contributed by atoms with E-state index in [0.29, 0.717) is 0 Å². The van der Waals surface area contributed by atoms with Gasteiger partial charge in [0.1, 0.15) is 5.82 Å². The molecule has 0 saturated heterocycles. The molecule has 1 aromatic carbocycles. The molecular weight excluding hydrogens is 261 g/mol. The Morgan fingerprint density at radius 1 is 1.32 bits per heavy atom. The summed E-state index contributed by atoms with van der Waals surface area (Å²) in [4.78, 5) is 0. The molecule has 0 amide bonds. The first kappa shape index (κ1) is 14.5. The second-order valence-electron chi connectivity index (χ2n) is 5.04. The SMILES string of the molecule is CCNC(C1=CCCCCC1)c1ccc(F)c(Cl)c1. The number of allylic oxidation sites excluding steroid dienone is 1. The van der Waals surface area contributed by atoms with E-state index >= 15 is 0 Å². The van der Waals surface area contributed by atoms with E-state index in [1.54, 1.807) is 6.07 Å². The maximum atomic E-state index is 13.3. The summed E-state index contributed by atoms with van der Waals surface area (Å²) in [7, 11) is 0. The third-order valence-corrected chi connectivity index (χ3v) is 3.92. The number of halogens is 2. The van der Waals surface area contributed by atoms with Gasteiger partial charge in [-0.05, 0) is 49.9 Å². The predicted molar refractivity (Wildman–Crippen MR) is 79.0 cm³/mol. The Morgan fingerprint density at radius 3 is 2.89 bits per heavy atom. The van der Waals surface area contributed by atoms with E-state index in [4.69, 9.17) is 11.6 Å². The maximum absolute atomic E-state index is 13.3. The Balaban J connectivity index is 2.27. The van der Waals surface area contributed by atoms with E-state index in [-0.39, 0.29) is 16.9 Å². The Hall–Kier alpha value is -0.860. The van der Waals surface area contributed by atoms with Crippen LogP contribution in [0, 0.1) is 5.82 Å². The minimum atomic E-state index is -0.351. The van der Waals surface area contributed by atoms with Gasteiger partial charge in [-0.1, -0.05) is 42.7 Å². The molecular formula is C16H21ClFN. The maximum Gasteiger partial charge on any atom is 0.141 e. The number of nitrogens with one attached hydrogen (secondary N) is 1. The molecule has 1 atom stereocenters. The van der Waals surface area contributed by atoms with Crippen LogP contribution in [0.4, 0.5) is 4.39 Å². The van der Waals surface area contributed by atoms with Crippen molar-refractivity contribution in [1.82, 2.24) is 5.32 Å². The van der Waals surface area contributed by atoms with E-state index in [2.05, 4.69) is 18.3 Å². The molecule has 1 N–H and O–H groups in total. The summed E-state index contributed by atoms with van der Waals surface area (Å²) in [5.41, 5.74) is 2.48. The van der Waals surface area contributed by atoms with Gasteiger partial charge in [0.05, 0.1) is 11.1 Å². The highest BCUT2D eigenvalue weighted by molar-refractivity contribution is 6.30. The Bertz CT molecular complexity index is 456. The normalized spacial score (nSPS) is 17.7. The highest BCUT2D eigenvalue weighted by atomic mass is 35.5. The molecule has 0 aromatic heterocycles. The van der Waals surface area contributed by atoms with Crippen molar-refractivity contribution in [1.29, 1.82) is 0 Å². The van der Waals surface area contributed by atoms with Crippen molar-refractivity contribution in [3.8, 4) is 0 Å². The molecule has 1 aromatic rings. The lowest BCUT2D eigenvalue weighted by Gasteiger charge is -2.22. The molecule has 0 bridgehead atoms. The van der Waals surface area contributed by atoms with Gasteiger partial charge in [-0.3, -0.25) is 0 Å². The zero-order valence-corrected chi connectivity index (χ0v) is 12.1. The molecule has 0 heterocycles. The van der Waals surface area contributed by atoms with Gasteiger partial charge < -0.3 is 5.32 Å². The molecule has 1 aliphatic rings. The number of hydrogen-bond acceptors (Lipinski definition) is 1. The topological polar surface area (TPSA) is 12.0 Å². The van der Waals surface area contributed by atoms with Gasteiger partial charge in [-0.25, -0.2) is 4.39 Å². The van der Waals surface area contributed by atoms with Crippen LogP contribution in [0.3, 0.4) is 0 Å². The summed E-state index contributed by atoms with van der Waals surface area (Å²) in [6, 6.07) is 5.20. The van der Waals surface area contributed by atoms with E-state index in [9.17, 15) is 4.39 Å². The lowest BCUT2D eigenvalue weighted by Crippen LogP contribution is -2.23. The van der Waals surface area contributed by atoms with Crippen molar-refractivity contribution >= 4 is 11.6 Å². The quantitative estimate of drug-likeness (QED) is 0.764. The van der Waals surface area contributed by atoms with Gasteiger partial charge >= 0.3 is 0 Å². The van der Waals surface area contributed by atoms with Crippen LogP contribution in [0.25, 0.3) is 0 Å². The average Bonchev–Trinajstić information content (AvgIpc) is 2.68. The van der Waals surface area contributed by atoms with Gasteiger partial charge in [0, 0.05) is 0 Å². The summed E-state index contributed by atoms with van der Waals surface area (Å²) in [6.07, 6.45) is 8.41. The monoisotopic (exact) mass is 281 g/mol. The van der Waals surface area contributed by atoms with E-state index < -0.39 is 0 Å². The third-order valence-electron chi connectivity index (χ3n) is 3.63. The van der Waals surface area contributed by atoms with Crippen LogP contribution < -0.4 is 5.32 Å². The van der Waals surface area contributed by atoms with Crippen LogP contribution in [-0.2, 0) is 0 Å². The Labute approximate surface area is 119 Å². The van der Waals surface area contributed by atoms with Crippen LogP contribution in [-0.4, -0.2) is 6.54 Å². The summed E-state index contributed by atoms with van der Waals surface area (Å²) in [5.74, 6) is -0.351. The first-order valence-corrected chi connectivity index (χ1v) is 7.47. The number of benzene rings is 1. The average molecular weight is 282 g/mol. The van der Waals surface area contributed by atoms with Crippen molar-refractivity contribution in [3.63, 3.8) is 0 Å². The van der Waals surface area contributed by atoms with Crippen LogP contribution in [0.1, 0.15) is 50.6 Å². The first-order valence-electron chi connectivity index (χ1n) is 7.09. The molecule has 2 rings (SSSR count). The first-order chi connectivity index (χ1) is 9.22. The molecule has 0 radical (unpaired) electrons. The van der Waals surface area contributed by atoms with Crippen LogP contribution >= 0.6 is 11.6 Å². The van der Waals surface area contributed by atoms with E-state index in [0.717, 1.165) is 24.9 Å². The fraction of sp³-hybridized carbons (Fsp3) is 0.500. The molecule has 0 spiro atoms. The van der Waals surface area contributed by atoms with Gasteiger partial charge in [-0.2, -0.15) is 0 Å². The van der Waals surface area contributed by atoms with Crippen LogP contribution in [0.5, 0.6) is 0 Å². The predicted octanol–water partition coefficient (Wildman–Crippen LogP) is 5.02. The lowest BCUT2D eigenvalue weighted by atomic mass is 9.95. The largest absolute Gasteiger partial charge is 0.307 e. The molecule has 0 aliphatic heterocycles. The molecule has 0 fully saturated rings. The fourth-order valence-electron chi connectivity index (χ4n) is 2.66. The van der Waals surface area contributed by atoms with Gasteiger partial charge in [0.25, 0.3) is 0 Å². The van der Waals surface area contributed by atoms with Crippen molar-refractivity contribution in [3.05, 3.63) is 46.3 Å². The summed E-state index contributed by atoms with van der Waals surface area (Å²) in [6.45, 7) is 2.98. The van der Waals surface area contributed by atoms with Crippen molar-refractivity contribution in [2.45, 2.75) is 45.1 Å². The van der Waals surface area contributed by atoms with Crippen LogP contribution in [0.15, 0.2) is 29.8 Å². The molecule has 3 heteroatoms. The molecule has 0 saturated carbocycles. The van der Waals surface area contributed by atoms with Gasteiger partial charge in [0.15, 0.2) is 0 Å². The summed E-state index contributed by atoms with van der Waals surface area (Å²) in [5, 5.41) is 3.70. The second kappa shape index (κ2) is 7.06. The molecule has 1 aliphatic carbocycles. The van der Waals surface area contributed by atoms with Crippen LogP contribution in [0.2, 0.25) is 5.02 Å². The zero-order valence-electron chi connectivity index (χ0n) is 11.4. The Morgan fingerprint density at radius 2 is 2.16 bits per heavy atom. The molecule has 1 unspecified atom stereocenters.